The van der Waals surface area contributed by atoms with E-state index in [4.69, 9.17) is 10.5 Å². The Morgan fingerprint density at radius 1 is 0.978 bits per heavy atom. The van der Waals surface area contributed by atoms with Crippen LogP contribution in [0, 0.1) is 11.8 Å². The molecule has 0 spiro atoms. The van der Waals surface area contributed by atoms with E-state index in [1.165, 1.54) is 4.90 Å². The highest BCUT2D eigenvalue weighted by atomic mass is 16.6. The van der Waals surface area contributed by atoms with Crippen molar-refractivity contribution in [3.63, 3.8) is 0 Å². The van der Waals surface area contributed by atoms with Crippen molar-refractivity contribution < 1.29 is 19.1 Å². The highest BCUT2D eigenvalue weighted by molar-refractivity contribution is 5.99. The van der Waals surface area contributed by atoms with Crippen molar-refractivity contribution >= 4 is 28.6 Å². The molecule has 0 bridgehead atoms. The molecule has 0 saturated carbocycles. The van der Waals surface area contributed by atoms with Crippen molar-refractivity contribution in [2.75, 3.05) is 40.8 Å². The summed E-state index contributed by atoms with van der Waals surface area (Å²) in [7, 11) is 5.66. The molecule has 1 aliphatic rings. The van der Waals surface area contributed by atoms with Crippen LogP contribution in [0.4, 0.5) is 4.79 Å². The lowest BCUT2D eigenvalue weighted by Gasteiger charge is -2.41. The summed E-state index contributed by atoms with van der Waals surface area (Å²) in [5.74, 6) is -0.555. The molecule has 1 saturated heterocycles. The van der Waals surface area contributed by atoms with Gasteiger partial charge in [0.25, 0.3) is 0 Å². The minimum absolute atomic E-state index is 0.120. The third-order valence-corrected chi connectivity index (χ3v) is 9.25. The van der Waals surface area contributed by atoms with E-state index in [0.29, 0.717) is 31.2 Å². The molecule has 0 radical (unpaired) electrons. The highest BCUT2D eigenvalue weighted by Gasteiger charge is 2.48. The Bertz CT molecular complexity index is 1530. The Morgan fingerprint density at radius 3 is 2.33 bits per heavy atom. The molecule has 0 aliphatic carbocycles. The van der Waals surface area contributed by atoms with Gasteiger partial charge in [0, 0.05) is 33.1 Å². The molecule has 8 nitrogen and oxygen atoms in total. The van der Waals surface area contributed by atoms with Crippen LogP contribution in [-0.2, 0) is 27.2 Å². The molecule has 8 heteroatoms. The molecule has 3 aromatic rings. The standard InChI is InChI=1S/C38H50N4O4/c1-7-27(2)46-37(45)41(6)34(24-29-19-20-31-17-11-12-18-32(31)22-29)35(43)38(3,39)33(23-28-14-9-8-10-15-28)36(44)42-21-13-16-30(26-42)25-40(4)5/h7-12,14-15,17-20,22,30,33-34H,13,16,21,23-26,39H2,1-6H3/b27-7-/t30-,33+,34+,38?/m0/s1. The Kier molecular flexibility index (Phi) is 11.8. The maximum absolute atomic E-state index is 14.8. The average Bonchev–Trinajstić information content (AvgIpc) is 3.05. The fourth-order valence-electron chi connectivity index (χ4n) is 6.48. The number of hydrogen-bond donors (Lipinski definition) is 1. The number of ether oxygens (including phenoxy) is 1. The first-order valence-electron chi connectivity index (χ1n) is 16.3. The van der Waals surface area contributed by atoms with Gasteiger partial charge in [-0.25, -0.2) is 4.79 Å². The van der Waals surface area contributed by atoms with Gasteiger partial charge >= 0.3 is 6.09 Å². The average molecular weight is 627 g/mol. The zero-order valence-corrected chi connectivity index (χ0v) is 28.2. The van der Waals surface area contributed by atoms with E-state index in [9.17, 15) is 14.4 Å². The Balaban J connectivity index is 1.71. The Morgan fingerprint density at radius 2 is 1.65 bits per heavy atom. The smallest absolute Gasteiger partial charge is 0.415 e. The number of amides is 2. The van der Waals surface area contributed by atoms with E-state index in [1.807, 2.05) is 91.8 Å². The molecule has 4 atom stereocenters. The number of benzene rings is 3. The van der Waals surface area contributed by atoms with Crippen LogP contribution in [0.25, 0.3) is 10.8 Å². The van der Waals surface area contributed by atoms with E-state index in [2.05, 4.69) is 4.90 Å². The summed E-state index contributed by atoms with van der Waals surface area (Å²) in [6.45, 7) is 7.27. The molecule has 46 heavy (non-hydrogen) atoms. The van der Waals surface area contributed by atoms with Crippen molar-refractivity contribution in [2.24, 2.45) is 17.6 Å². The maximum Gasteiger partial charge on any atom is 0.415 e. The molecule has 1 unspecified atom stereocenters. The normalized spacial score (nSPS) is 18.1. The summed E-state index contributed by atoms with van der Waals surface area (Å²) >= 11 is 0. The molecule has 246 valence electrons. The van der Waals surface area contributed by atoms with E-state index >= 15 is 0 Å². The van der Waals surface area contributed by atoms with Crippen LogP contribution in [0.1, 0.15) is 44.7 Å². The highest BCUT2D eigenvalue weighted by Crippen LogP contribution is 2.30. The number of likely N-dealkylation sites (tertiary alicyclic amines) is 1. The third-order valence-electron chi connectivity index (χ3n) is 9.25. The van der Waals surface area contributed by atoms with Gasteiger partial charge in [0.2, 0.25) is 5.91 Å². The minimum atomic E-state index is -1.59. The first-order chi connectivity index (χ1) is 21.9. The quantitative estimate of drug-likeness (QED) is 0.260. The number of ketones is 1. The van der Waals surface area contributed by atoms with Crippen LogP contribution >= 0.6 is 0 Å². The van der Waals surface area contributed by atoms with Crippen LogP contribution < -0.4 is 5.73 Å². The first-order valence-corrected chi connectivity index (χ1v) is 16.3. The Hall–Kier alpha value is -4.01. The fraction of sp³-hybridized carbons (Fsp3) is 0.447. The van der Waals surface area contributed by atoms with E-state index < -0.39 is 23.6 Å². The van der Waals surface area contributed by atoms with Crippen LogP contribution in [0.5, 0.6) is 0 Å². The number of fused-ring (bicyclic) bond motifs is 1. The van der Waals surface area contributed by atoms with E-state index in [0.717, 1.165) is 41.3 Å². The van der Waals surface area contributed by atoms with Gasteiger partial charge in [-0.3, -0.25) is 9.59 Å². The number of hydrogen-bond acceptors (Lipinski definition) is 6. The predicted octanol–water partition coefficient (Wildman–Crippen LogP) is 5.69. The molecular formula is C38H50N4O4. The Labute approximate surface area is 274 Å². The van der Waals surface area contributed by atoms with Crippen molar-refractivity contribution in [3.05, 3.63) is 95.8 Å². The number of nitrogens with two attached hydrogens (primary N) is 1. The van der Waals surface area contributed by atoms with Crippen molar-refractivity contribution in [1.82, 2.24) is 14.7 Å². The summed E-state index contributed by atoms with van der Waals surface area (Å²) < 4.78 is 5.53. The third kappa shape index (κ3) is 8.62. The lowest BCUT2D eigenvalue weighted by atomic mass is 9.74. The predicted molar refractivity (Wildman–Crippen MR) is 184 cm³/mol. The second-order valence-electron chi connectivity index (χ2n) is 13.2. The van der Waals surface area contributed by atoms with Gasteiger partial charge in [-0.05, 0) is 88.0 Å². The van der Waals surface area contributed by atoms with Crippen LogP contribution in [-0.4, -0.2) is 84.8 Å². The second-order valence-corrected chi connectivity index (χ2v) is 13.2. The molecule has 4 rings (SSSR count). The van der Waals surface area contributed by atoms with Crippen LogP contribution in [0.15, 0.2) is 84.6 Å². The van der Waals surface area contributed by atoms with Crippen molar-refractivity contribution in [2.45, 2.75) is 58.0 Å². The van der Waals surface area contributed by atoms with Crippen molar-refractivity contribution in [1.29, 1.82) is 0 Å². The lowest BCUT2D eigenvalue weighted by Crippen LogP contribution is -2.64. The zero-order chi connectivity index (χ0) is 33.4. The molecule has 0 aromatic heterocycles. The summed E-state index contributed by atoms with van der Waals surface area (Å²) in [5.41, 5.74) is 7.30. The van der Waals surface area contributed by atoms with E-state index in [1.54, 1.807) is 33.9 Å². The van der Waals surface area contributed by atoms with Crippen LogP contribution in [0.2, 0.25) is 0 Å². The number of carbonyl (C=O) groups excluding carboxylic acids is 3. The van der Waals surface area contributed by atoms with Gasteiger partial charge in [0.15, 0.2) is 5.78 Å². The molecule has 3 aromatic carbocycles. The zero-order valence-electron chi connectivity index (χ0n) is 28.2. The molecule has 1 fully saturated rings. The molecule has 2 N–H and O–H groups in total. The van der Waals surface area contributed by atoms with Crippen molar-refractivity contribution in [3.8, 4) is 0 Å². The number of carbonyl (C=O) groups is 3. The monoisotopic (exact) mass is 626 g/mol. The van der Waals surface area contributed by atoms with Gasteiger partial charge in [0.1, 0.15) is 5.76 Å². The molecule has 1 aliphatic heterocycles. The number of likely N-dealkylation sites (N-methyl/N-ethyl adjacent to an activating group) is 1. The second kappa shape index (κ2) is 15.5. The summed E-state index contributed by atoms with van der Waals surface area (Å²) in [6.07, 6.45) is 3.52. The van der Waals surface area contributed by atoms with Gasteiger partial charge < -0.3 is 25.2 Å². The number of nitrogens with zero attached hydrogens (tertiary/aromatic N) is 3. The van der Waals surface area contributed by atoms with Gasteiger partial charge in [0.05, 0.1) is 17.5 Å². The minimum Gasteiger partial charge on any atom is -0.415 e. The fourth-order valence-corrected chi connectivity index (χ4v) is 6.48. The first kappa shape index (κ1) is 34.9. The molecular weight excluding hydrogens is 576 g/mol. The van der Waals surface area contributed by atoms with Gasteiger partial charge in [-0.1, -0.05) is 72.8 Å². The molecule has 1 heterocycles. The number of piperidine rings is 1. The SMILES string of the molecule is C/C=C(/C)OC(=O)N(C)[C@H](Cc1ccc2ccccc2c1)C(=O)C(C)(N)[C@H](Cc1ccccc1)C(=O)N1CCC[C@@H](CN(C)C)C1. The van der Waals surface area contributed by atoms with E-state index in [-0.39, 0.29) is 18.1 Å². The van der Waals surface area contributed by atoms with Gasteiger partial charge in [-0.2, -0.15) is 0 Å². The molecule has 2 amide bonds. The lowest BCUT2D eigenvalue weighted by molar-refractivity contribution is -0.144. The summed E-state index contributed by atoms with van der Waals surface area (Å²) in [4.78, 5) is 48.0. The topological polar surface area (TPSA) is 96.2 Å². The maximum atomic E-state index is 14.8. The summed E-state index contributed by atoms with van der Waals surface area (Å²) in [6, 6.07) is 22.8. The largest absolute Gasteiger partial charge is 0.415 e. The van der Waals surface area contributed by atoms with Crippen LogP contribution in [0.3, 0.4) is 0 Å². The van der Waals surface area contributed by atoms with Gasteiger partial charge in [-0.15, -0.1) is 0 Å². The number of Topliss-reactive ketones (excluding diaryl/α,β-unsaturated/α-hetero) is 1. The number of rotatable bonds is 12. The number of allylic oxidation sites excluding steroid dienone is 2. The summed E-state index contributed by atoms with van der Waals surface area (Å²) in [5, 5.41) is 2.11.